The molecular formula is C16H28N4O. The van der Waals surface area contributed by atoms with Gasteiger partial charge in [-0.3, -0.25) is 9.48 Å². The number of carbonyl (C=O) groups excluding carboxylic acids is 1. The number of amides is 1. The van der Waals surface area contributed by atoms with Crippen molar-refractivity contribution in [2.75, 3.05) is 13.1 Å². The molecule has 1 aromatic heterocycles. The Morgan fingerprint density at radius 2 is 2.33 bits per heavy atom. The smallest absolute Gasteiger partial charge is 0.220 e. The lowest BCUT2D eigenvalue weighted by Crippen LogP contribution is -2.36. The minimum absolute atomic E-state index is 0.000373. The van der Waals surface area contributed by atoms with E-state index in [0.29, 0.717) is 12.3 Å². The first-order valence-corrected chi connectivity index (χ1v) is 7.85. The zero-order valence-corrected chi connectivity index (χ0v) is 13.6. The Labute approximate surface area is 127 Å². The molecule has 1 aliphatic heterocycles. The lowest BCUT2D eigenvalue weighted by atomic mass is 9.83. The Balaban J connectivity index is 1.93. The standard InChI is InChI=1S/C16H28N4O/c1-16(2,3)15(13-10-18-20(4)11-13)19-14(21)6-5-12-7-8-17-9-12/h10-12,15,17H,5-9H2,1-4H3,(H,19,21). The van der Waals surface area contributed by atoms with E-state index in [9.17, 15) is 4.79 Å². The molecule has 2 unspecified atom stereocenters. The Hall–Kier alpha value is -1.36. The van der Waals surface area contributed by atoms with E-state index in [1.807, 2.05) is 19.4 Å². The number of carbonyl (C=O) groups is 1. The van der Waals surface area contributed by atoms with Crippen LogP contribution in [0, 0.1) is 11.3 Å². The molecule has 1 saturated heterocycles. The van der Waals surface area contributed by atoms with Gasteiger partial charge in [0.1, 0.15) is 0 Å². The predicted molar refractivity (Wildman–Crippen MR) is 83.8 cm³/mol. The Morgan fingerprint density at radius 3 is 2.86 bits per heavy atom. The zero-order valence-electron chi connectivity index (χ0n) is 13.6. The molecule has 5 nitrogen and oxygen atoms in total. The van der Waals surface area contributed by atoms with Crippen LogP contribution >= 0.6 is 0 Å². The topological polar surface area (TPSA) is 59.0 Å². The van der Waals surface area contributed by atoms with Crippen molar-refractivity contribution in [2.24, 2.45) is 18.4 Å². The average Bonchev–Trinajstić information content (AvgIpc) is 3.03. The summed E-state index contributed by atoms with van der Waals surface area (Å²) in [6.07, 6.45) is 6.61. The maximum atomic E-state index is 12.3. The van der Waals surface area contributed by atoms with E-state index in [0.717, 1.165) is 25.1 Å². The van der Waals surface area contributed by atoms with Crippen LogP contribution in [-0.4, -0.2) is 28.8 Å². The molecule has 2 rings (SSSR count). The predicted octanol–water partition coefficient (Wildman–Crippen LogP) is 2.01. The highest BCUT2D eigenvalue weighted by molar-refractivity contribution is 5.76. The van der Waals surface area contributed by atoms with Gasteiger partial charge in [-0.05, 0) is 37.3 Å². The lowest BCUT2D eigenvalue weighted by molar-refractivity contribution is -0.122. The van der Waals surface area contributed by atoms with Gasteiger partial charge in [0.25, 0.3) is 0 Å². The molecule has 0 aliphatic carbocycles. The van der Waals surface area contributed by atoms with Crippen LogP contribution in [0.3, 0.4) is 0 Å². The van der Waals surface area contributed by atoms with Crippen molar-refractivity contribution in [3.05, 3.63) is 18.0 Å². The van der Waals surface area contributed by atoms with E-state index < -0.39 is 0 Å². The SMILES string of the molecule is Cn1cc(C(NC(=O)CCC2CCNC2)C(C)(C)C)cn1. The zero-order chi connectivity index (χ0) is 15.5. The first-order valence-electron chi connectivity index (χ1n) is 7.85. The highest BCUT2D eigenvalue weighted by Crippen LogP contribution is 2.32. The summed E-state index contributed by atoms with van der Waals surface area (Å²) in [5.41, 5.74) is 1.04. The fourth-order valence-electron chi connectivity index (χ4n) is 2.92. The normalized spacial score (nSPS) is 20.5. The van der Waals surface area contributed by atoms with Gasteiger partial charge >= 0.3 is 0 Å². The fraction of sp³-hybridized carbons (Fsp3) is 0.750. The van der Waals surface area contributed by atoms with E-state index in [-0.39, 0.29) is 17.4 Å². The van der Waals surface area contributed by atoms with E-state index in [2.05, 4.69) is 36.5 Å². The van der Waals surface area contributed by atoms with Crippen molar-refractivity contribution < 1.29 is 4.79 Å². The van der Waals surface area contributed by atoms with E-state index in [1.165, 1.54) is 6.42 Å². The number of hydrogen-bond donors (Lipinski definition) is 2. The van der Waals surface area contributed by atoms with Gasteiger partial charge in [0.2, 0.25) is 5.91 Å². The summed E-state index contributed by atoms with van der Waals surface area (Å²) in [6.45, 7) is 8.58. The van der Waals surface area contributed by atoms with Crippen molar-refractivity contribution in [3.63, 3.8) is 0 Å². The number of rotatable bonds is 5. The molecule has 0 spiro atoms. The molecule has 21 heavy (non-hydrogen) atoms. The van der Waals surface area contributed by atoms with Gasteiger partial charge < -0.3 is 10.6 Å². The van der Waals surface area contributed by atoms with Crippen LogP contribution in [0.4, 0.5) is 0 Å². The molecular weight excluding hydrogens is 264 g/mol. The van der Waals surface area contributed by atoms with Crippen LogP contribution in [0.15, 0.2) is 12.4 Å². The summed E-state index contributed by atoms with van der Waals surface area (Å²) < 4.78 is 1.78. The van der Waals surface area contributed by atoms with E-state index >= 15 is 0 Å². The molecule has 0 bridgehead atoms. The highest BCUT2D eigenvalue weighted by atomic mass is 16.1. The Bertz CT molecular complexity index is 469. The maximum Gasteiger partial charge on any atom is 0.220 e. The first kappa shape index (κ1) is 16.0. The molecule has 0 radical (unpaired) electrons. The first-order chi connectivity index (χ1) is 9.86. The van der Waals surface area contributed by atoms with Crippen LogP contribution in [0.5, 0.6) is 0 Å². The fourth-order valence-corrected chi connectivity index (χ4v) is 2.92. The molecule has 5 heteroatoms. The molecule has 1 fully saturated rings. The third kappa shape index (κ3) is 4.56. The molecule has 118 valence electrons. The number of nitrogens with zero attached hydrogens (tertiary/aromatic N) is 2. The average molecular weight is 292 g/mol. The minimum atomic E-state index is -0.0341. The summed E-state index contributed by atoms with van der Waals surface area (Å²) in [5, 5.41) is 10.8. The third-order valence-corrected chi connectivity index (χ3v) is 4.17. The second-order valence-corrected chi connectivity index (χ2v) is 7.21. The molecule has 1 aromatic rings. The highest BCUT2D eigenvalue weighted by Gasteiger charge is 2.29. The van der Waals surface area contributed by atoms with Crippen LogP contribution in [-0.2, 0) is 11.8 Å². The van der Waals surface area contributed by atoms with Gasteiger partial charge in [-0.15, -0.1) is 0 Å². The molecule has 0 aromatic carbocycles. The largest absolute Gasteiger partial charge is 0.349 e. The molecule has 2 heterocycles. The third-order valence-electron chi connectivity index (χ3n) is 4.17. The van der Waals surface area contributed by atoms with Gasteiger partial charge in [0.05, 0.1) is 12.2 Å². The Kier molecular flexibility index (Phi) is 5.04. The van der Waals surface area contributed by atoms with Crippen molar-refractivity contribution >= 4 is 5.91 Å². The van der Waals surface area contributed by atoms with Crippen LogP contribution in [0.2, 0.25) is 0 Å². The maximum absolute atomic E-state index is 12.3. The van der Waals surface area contributed by atoms with Crippen molar-refractivity contribution in [3.8, 4) is 0 Å². The van der Waals surface area contributed by atoms with Gasteiger partial charge in [-0.25, -0.2) is 0 Å². The number of nitrogens with one attached hydrogen (secondary N) is 2. The number of aryl methyl sites for hydroxylation is 1. The van der Waals surface area contributed by atoms with Crippen molar-refractivity contribution in [1.82, 2.24) is 20.4 Å². The quantitative estimate of drug-likeness (QED) is 0.873. The molecule has 2 atom stereocenters. The lowest BCUT2D eigenvalue weighted by Gasteiger charge is -2.31. The number of hydrogen-bond acceptors (Lipinski definition) is 3. The van der Waals surface area contributed by atoms with Gasteiger partial charge in [0.15, 0.2) is 0 Å². The monoisotopic (exact) mass is 292 g/mol. The Morgan fingerprint density at radius 1 is 1.57 bits per heavy atom. The summed E-state index contributed by atoms with van der Waals surface area (Å²) in [6, 6.07) is 0.000373. The second-order valence-electron chi connectivity index (χ2n) is 7.21. The van der Waals surface area contributed by atoms with Crippen LogP contribution in [0.1, 0.15) is 51.6 Å². The molecule has 1 aliphatic rings. The summed E-state index contributed by atoms with van der Waals surface area (Å²) in [7, 11) is 1.90. The van der Waals surface area contributed by atoms with Crippen molar-refractivity contribution in [2.45, 2.75) is 46.1 Å². The summed E-state index contributed by atoms with van der Waals surface area (Å²) in [4.78, 5) is 12.3. The van der Waals surface area contributed by atoms with Crippen LogP contribution < -0.4 is 10.6 Å². The van der Waals surface area contributed by atoms with Crippen LogP contribution in [0.25, 0.3) is 0 Å². The van der Waals surface area contributed by atoms with Gasteiger partial charge in [-0.2, -0.15) is 5.10 Å². The minimum Gasteiger partial charge on any atom is -0.349 e. The molecule has 0 saturated carbocycles. The number of aromatic nitrogens is 2. The molecule has 1 amide bonds. The summed E-state index contributed by atoms with van der Waals surface area (Å²) >= 11 is 0. The van der Waals surface area contributed by atoms with E-state index in [1.54, 1.807) is 4.68 Å². The van der Waals surface area contributed by atoms with Gasteiger partial charge in [-0.1, -0.05) is 20.8 Å². The van der Waals surface area contributed by atoms with Gasteiger partial charge in [0, 0.05) is 25.2 Å². The van der Waals surface area contributed by atoms with Crippen molar-refractivity contribution in [1.29, 1.82) is 0 Å². The van der Waals surface area contributed by atoms with E-state index in [4.69, 9.17) is 0 Å². The second kappa shape index (κ2) is 6.60. The molecule has 2 N–H and O–H groups in total. The summed E-state index contributed by atoms with van der Waals surface area (Å²) in [5.74, 6) is 0.799.